The smallest absolute Gasteiger partial charge is 0.410 e. The predicted molar refractivity (Wildman–Crippen MR) is 90.9 cm³/mol. The van der Waals surface area contributed by atoms with E-state index in [2.05, 4.69) is 0 Å². The number of amides is 1. The van der Waals surface area contributed by atoms with Crippen LogP contribution in [0.15, 0.2) is 18.2 Å². The fourth-order valence-electron chi connectivity index (χ4n) is 3.77. The number of aliphatic hydroxyl groups is 1. The van der Waals surface area contributed by atoms with Gasteiger partial charge in [-0.1, -0.05) is 0 Å². The Kier molecular flexibility index (Phi) is 4.91. The molecule has 1 unspecified atom stereocenters. The van der Waals surface area contributed by atoms with Crippen LogP contribution in [0.1, 0.15) is 52.0 Å². The fourth-order valence-corrected chi connectivity index (χ4v) is 3.77. The van der Waals surface area contributed by atoms with Gasteiger partial charge in [0.25, 0.3) is 0 Å². The molecule has 1 N–H and O–H groups in total. The van der Waals surface area contributed by atoms with Gasteiger partial charge in [0, 0.05) is 30.5 Å². The number of benzene rings is 1. The van der Waals surface area contributed by atoms with E-state index in [0.29, 0.717) is 5.75 Å². The third-order valence-corrected chi connectivity index (χ3v) is 4.78. The zero-order valence-electron chi connectivity index (χ0n) is 15.0. The van der Waals surface area contributed by atoms with Crippen molar-refractivity contribution in [1.82, 2.24) is 4.90 Å². The average Bonchev–Trinajstić information content (AvgIpc) is 2.79. The van der Waals surface area contributed by atoms with Crippen LogP contribution in [0.4, 0.5) is 9.18 Å². The molecule has 3 atom stereocenters. The van der Waals surface area contributed by atoms with E-state index in [1.807, 2.05) is 25.7 Å². The molecule has 2 aliphatic heterocycles. The minimum Gasteiger partial charge on any atom is -0.490 e. The van der Waals surface area contributed by atoms with Gasteiger partial charge in [-0.05, 0) is 51.8 Å². The first-order chi connectivity index (χ1) is 11.8. The Morgan fingerprint density at radius 2 is 1.92 bits per heavy atom. The van der Waals surface area contributed by atoms with Crippen LogP contribution >= 0.6 is 0 Å². The highest BCUT2D eigenvalue weighted by Gasteiger charge is 2.45. The van der Waals surface area contributed by atoms with Gasteiger partial charge < -0.3 is 19.5 Å². The highest BCUT2D eigenvalue weighted by atomic mass is 19.1. The molecule has 2 heterocycles. The van der Waals surface area contributed by atoms with E-state index < -0.39 is 11.4 Å². The van der Waals surface area contributed by atoms with Gasteiger partial charge in [-0.3, -0.25) is 0 Å². The van der Waals surface area contributed by atoms with Crippen molar-refractivity contribution < 1.29 is 23.8 Å². The van der Waals surface area contributed by atoms with E-state index in [4.69, 9.17) is 9.47 Å². The number of hydrogen-bond donors (Lipinski definition) is 1. The van der Waals surface area contributed by atoms with E-state index in [9.17, 15) is 14.3 Å². The van der Waals surface area contributed by atoms with Crippen molar-refractivity contribution in [3.8, 4) is 5.75 Å². The van der Waals surface area contributed by atoms with Gasteiger partial charge >= 0.3 is 6.09 Å². The average molecular weight is 351 g/mol. The van der Waals surface area contributed by atoms with Gasteiger partial charge in [0.15, 0.2) is 0 Å². The zero-order chi connectivity index (χ0) is 18.2. The summed E-state index contributed by atoms with van der Waals surface area (Å²) in [5.41, 5.74) is -0.273. The Morgan fingerprint density at radius 1 is 1.28 bits per heavy atom. The molecule has 0 aromatic heterocycles. The number of aliphatic hydroxyl groups excluding tert-OH is 1. The van der Waals surface area contributed by atoms with Crippen LogP contribution < -0.4 is 4.74 Å². The van der Waals surface area contributed by atoms with Gasteiger partial charge in [-0.25, -0.2) is 9.18 Å². The van der Waals surface area contributed by atoms with Crippen molar-refractivity contribution in [3.63, 3.8) is 0 Å². The molecule has 0 aliphatic carbocycles. The maximum absolute atomic E-state index is 13.5. The van der Waals surface area contributed by atoms with Crippen LogP contribution in [0.25, 0.3) is 0 Å². The first kappa shape index (κ1) is 18.0. The summed E-state index contributed by atoms with van der Waals surface area (Å²) in [6.07, 6.45) is 3.11. The summed E-state index contributed by atoms with van der Waals surface area (Å²) in [6.45, 7) is 5.26. The molecule has 3 rings (SSSR count). The summed E-state index contributed by atoms with van der Waals surface area (Å²) >= 11 is 0. The monoisotopic (exact) mass is 351 g/mol. The molecule has 2 aliphatic rings. The first-order valence-electron chi connectivity index (χ1n) is 8.84. The largest absolute Gasteiger partial charge is 0.490 e. The number of rotatable bonds is 3. The predicted octanol–water partition coefficient (Wildman–Crippen LogP) is 3.63. The normalized spacial score (nSPS) is 25.8. The Bertz CT molecular complexity index is 629. The van der Waals surface area contributed by atoms with Crippen LogP contribution in [0.3, 0.4) is 0 Å². The first-order valence-corrected chi connectivity index (χ1v) is 8.84. The number of fused-ring (bicyclic) bond motifs is 2. The van der Waals surface area contributed by atoms with E-state index in [0.717, 1.165) is 25.7 Å². The minimum atomic E-state index is -0.501. The molecule has 0 radical (unpaired) electrons. The highest BCUT2D eigenvalue weighted by molar-refractivity contribution is 5.69. The third-order valence-electron chi connectivity index (χ3n) is 4.78. The van der Waals surface area contributed by atoms with E-state index >= 15 is 0 Å². The quantitative estimate of drug-likeness (QED) is 0.903. The number of carbonyl (C=O) groups excluding carboxylic acids is 1. The lowest BCUT2D eigenvalue weighted by Gasteiger charge is -2.39. The van der Waals surface area contributed by atoms with Crippen molar-refractivity contribution >= 4 is 6.09 Å². The third kappa shape index (κ3) is 4.06. The molecule has 138 valence electrons. The lowest BCUT2D eigenvalue weighted by Crippen LogP contribution is -2.50. The SMILES string of the molecule is CC(C)(C)OC(=O)N1[C@@H]2CC[C@H]1CC(Oc1ccc(F)c(CO)c1)C2. The summed E-state index contributed by atoms with van der Waals surface area (Å²) in [6, 6.07) is 4.67. The van der Waals surface area contributed by atoms with Crippen LogP contribution in [-0.4, -0.2) is 39.9 Å². The van der Waals surface area contributed by atoms with E-state index in [1.54, 1.807) is 6.07 Å². The second kappa shape index (κ2) is 6.83. The summed E-state index contributed by atoms with van der Waals surface area (Å²) < 4.78 is 25.0. The lowest BCUT2D eigenvalue weighted by atomic mass is 10.00. The summed E-state index contributed by atoms with van der Waals surface area (Å²) in [4.78, 5) is 14.3. The molecule has 2 saturated heterocycles. The molecule has 0 saturated carbocycles. The van der Waals surface area contributed by atoms with Crippen molar-refractivity contribution in [2.75, 3.05) is 0 Å². The van der Waals surface area contributed by atoms with Crippen LogP contribution in [-0.2, 0) is 11.3 Å². The standard InChI is InChI=1S/C19H26FNO4/c1-19(2,3)25-18(23)21-13-4-5-14(21)10-16(9-13)24-15-6-7-17(20)12(8-15)11-22/h6-8,13-14,16,22H,4-5,9-11H2,1-3H3/t13-,14+,16?. The molecular formula is C19H26FNO4. The van der Waals surface area contributed by atoms with Crippen LogP contribution in [0.2, 0.25) is 0 Å². The molecule has 25 heavy (non-hydrogen) atoms. The maximum Gasteiger partial charge on any atom is 0.410 e. The molecular weight excluding hydrogens is 325 g/mol. The van der Waals surface area contributed by atoms with Crippen LogP contribution in [0, 0.1) is 5.82 Å². The van der Waals surface area contributed by atoms with Crippen molar-refractivity contribution in [2.45, 2.75) is 76.9 Å². The van der Waals surface area contributed by atoms with Gasteiger partial charge in [-0.15, -0.1) is 0 Å². The highest BCUT2D eigenvalue weighted by Crippen LogP contribution is 2.38. The molecule has 2 bridgehead atoms. The number of nitrogens with zero attached hydrogens (tertiary/aromatic N) is 1. The zero-order valence-corrected chi connectivity index (χ0v) is 15.0. The lowest BCUT2D eigenvalue weighted by molar-refractivity contribution is -0.00710. The molecule has 0 spiro atoms. The Morgan fingerprint density at radius 3 is 2.48 bits per heavy atom. The number of carbonyl (C=O) groups is 1. The molecule has 5 nitrogen and oxygen atoms in total. The Hall–Kier alpha value is -1.82. The van der Waals surface area contributed by atoms with Crippen molar-refractivity contribution in [2.24, 2.45) is 0 Å². The van der Waals surface area contributed by atoms with Gasteiger partial charge in [0.1, 0.15) is 23.3 Å². The van der Waals surface area contributed by atoms with E-state index in [-0.39, 0.29) is 36.5 Å². The molecule has 1 aromatic rings. The van der Waals surface area contributed by atoms with Gasteiger partial charge in [0.2, 0.25) is 0 Å². The van der Waals surface area contributed by atoms with E-state index in [1.165, 1.54) is 12.1 Å². The van der Waals surface area contributed by atoms with Crippen molar-refractivity contribution in [1.29, 1.82) is 0 Å². The number of hydrogen-bond acceptors (Lipinski definition) is 4. The Labute approximate surface area is 147 Å². The Balaban J connectivity index is 1.65. The minimum absolute atomic E-state index is 0.0202. The molecule has 1 amide bonds. The maximum atomic E-state index is 13.5. The summed E-state index contributed by atoms with van der Waals surface area (Å²) in [5, 5.41) is 9.18. The topological polar surface area (TPSA) is 59.0 Å². The number of halogens is 1. The summed E-state index contributed by atoms with van der Waals surface area (Å²) in [7, 11) is 0. The van der Waals surface area contributed by atoms with Gasteiger partial charge in [0.05, 0.1) is 6.61 Å². The van der Waals surface area contributed by atoms with Crippen molar-refractivity contribution in [3.05, 3.63) is 29.6 Å². The number of ether oxygens (including phenoxy) is 2. The fraction of sp³-hybridized carbons (Fsp3) is 0.632. The summed E-state index contributed by atoms with van der Waals surface area (Å²) in [5.74, 6) is 0.121. The second-order valence-electron chi connectivity index (χ2n) is 7.90. The number of piperidine rings is 1. The molecule has 6 heteroatoms. The van der Waals surface area contributed by atoms with Gasteiger partial charge in [-0.2, -0.15) is 0 Å². The second-order valence-corrected chi connectivity index (χ2v) is 7.90. The van der Waals surface area contributed by atoms with Crippen LogP contribution in [0.5, 0.6) is 5.75 Å². The molecule has 2 fully saturated rings. The molecule has 1 aromatic carbocycles.